The molecule has 2 saturated heterocycles. The maximum atomic E-state index is 12.8. The molecule has 2 fully saturated rings. The number of amides is 2. The molecule has 2 heterocycles. The van der Waals surface area contributed by atoms with Gasteiger partial charge >= 0.3 is 0 Å². The van der Waals surface area contributed by atoms with Crippen molar-refractivity contribution in [3.63, 3.8) is 0 Å². The van der Waals surface area contributed by atoms with Crippen molar-refractivity contribution < 1.29 is 14.3 Å². The molecule has 2 aliphatic heterocycles. The van der Waals surface area contributed by atoms with E-state index in [9.17, 15) is 9.59 Å². The van der Waals surface area contributed by atoms with Gasteiger partial charge in [-0.1, -0.05) is 13.8 Å². The van der Waals surface area contributed by atoms with Crippen LogP contribution in [0.2, 0.25) is 0 Å². The first-order valence-corrected chi connectivity index (χ1v) is 7.56. The van der Waals surface area contributed by atoms with E-state index in [0.717, 1.165) is 19.4 Å². The summed E-state index contributed by atoms with van der Waals surface area (Å²) in [6, 6.07) is -0.810. The van der Waals surface area contributed by atoms with Crippen LogP contribution in [-0.4, -0.2) is 47.6 Å². The predicted octanol–water partition coefficient (Wildman–Crippen LogP) is 1.32. The van der Waals surface area contributed by atoms with E-state index in [1.165, 1.54) is 0 Å². The second-order valence-electron chi connectivity index (χ2n) is 6.73. The maximum absolute atomic E-state index is 12.8. The molecule has 0 aromatic heterocycles. The van der Waals surface area contributed by atoms with Crippen molar-refractivity contribution in [2.75, 3.05) is 13.2 Å². The third-order valence-corrected chi connectivity index (χ3v) is 4.32. The lowest BCUT2D eigenvalue weighted by Gasteiger charge is -2.50. The van der Waals surface area contributed by atoms with Gasteiger partial charge in [0.25, 0.3) is 0 Å². The quantitative estimate of drug-likeness (QED) is 0.849. The molecule has 3 unspecified atom stereocenters. The zero-order valence-corrected chi connectivity index (χ0v) is 12.9. The molecule has 0 aromatic carbocycles. The molecule has 114 valence electrons. The lowest BCUT2D eigenvalue weighted by atomic mass is 9.87. The standard InChI is InChI=1S/C15H26N2O3/c1-10(2)8-12-14(19)17(11(3)13(18)16-12)15(4)6-5-7-20-9-15/h10-12H,5-9H2,1-4H3,(H,16,18). The SMILES string of the molecule is CC(C)CC1NC(=O)C(C)N(C2(C)CCCOC2)C1=O. The van der Waals surface area contributed by atoms with Gasteiger partial charge in [0, 0.05) is 6.61 Å². The summed E-state index contributed by atoms with van der Waals surface area (Å²) in [6.07, 6.45) is 2.51. The Bertz CT molecular complexity index is 389. The summed E-state index contributed by atoms with van der Waals surface area (Å²) in [6.45, 7) is 9.23. The van der Waals surface area contributed by atoms with Crippen LogP contribution in [0.15, 0.2) is 0 Å². The number of carbonyl (C=O) groups is 2. The van der Waals surface area contributed by atoms with Crippen molar-refractivity contribution in [1.82, 2.24) is 10.2 Å². The summed E-state index contributed by atoms with van der Waals surface area (Å²) in [7, 11) is 0. The maximum Gasteiger partial charge on any atom is 0.246 e. The molecule has 0 saturated carbocycles. The Labute approximate surface area is 121 Å². The minimum Gasteiger partial charge on any atom is -0.379 e. The summed E-state index contributed by atoms with van der Waals surface area (Å²) in [5.74, 6) is 0.357. The molecular formula is C15H26N2O3. The van der Waals surface area contributed by atoms with Gasteiger partial charge < -0.3 is 15.0 Å². The van der Waals surface area contributed by atoms with Crippen molar-refractivity contribution in [2.45, 2.75) is 64.6 Å². The molecule has 5 heteroatoms. The van der Waals surface area contributed by atoms with Crippen LogP contribution in [0.5, 0.6) is 0 Å². The van der Waals surface area contributed by atoms with Gasteiger partial charge in [0.1, 0.15) is 12.1 Å². The van der Waals surface area contributed by atoms with Gasteiger partial charge in [-0.25, -0.2) is 0 Å². The Morgan fingerprint density at radius 3 is 2.70 bits per heavy atom. The first kappa shape index (κ1) is 15.3. The van der Waals surface area contributed by atoms with E-state index in [2.05, 4.69) is 19.2 Å². The van der Waals surface area contributed by atoms with Crippen LogP contribution in [-0.2, 0) is 14.3 Å². The van der Waals surface area contributed by atoms with Gasteiger partial charge in [-0.05, 0) is 39.0 Å². The third-order valence-electron chi connectivity index (χ3n) is 4.32. The van der Waals surface area contributed by atoms with E-state index in [-0.39, 0.29) is 17.4 Å². The smallest absolute Gasteiger partial charge is 0.246 e. The van der Waals surface area contributed by atoms with Crippen LogP contribution in [0.3, 0.4) is 0 Å². The van der Waals surface area contributed by atoms with Crippen molar-refractivity contribution in [3.05, 3.63) is 0 Å². The lowest BCUT2D eigenvalue weighted by Crippen LogP contribution is -2.69. The second-order valence-corrected chi connectivity index (χ2v) is 6.73. The average Bonchev–Trinajstić information content (AvgIpc) is 2.36. The summed E-state index contributed by atoms with van der Waals surface area (Å²) in [4.78, 5) is 26.7. The fourth-order valence-corrected chi connectivity index (χ4v) is 3.30. The summed E-state index contributed by atoms with van der Waals surface area (Å²) in [5.41, 5.74) is -0.359. The largest absolute Gasteiger partial charge is 0.379 e. The molecule has 2 amide bonds. The number of hydrogen-bond acceptors (Lipinski definition) is 3. The van der Waals surface area contributed by atoms with E-state index >= 15 is 0 Å². The number of nitrogens with one attached hydrogen (secondary N) is 1. The van der Waals surface area contributed by atoms with Gasteiger partial charge in [-0.15, -0.1) is 0 Å². The molecule has 0 spiro atoms. The minimum atomic E-state index is -0.419. The molecular weight excluding hydrogens is 256 g/mol. The highest BCUT2D eigenvalue weighted by molar-refractivity contribution is 5.97. The van der Waals surface area contributed by atoms with Gasteiger partial charge in [0.2, 0.25) is 11.8 Å². The number of hydrogen-bond donors (Lipinski definition) is 1. The summed E-state index contributed by atoms with van der Waals surface area (Å²) in [5, 5.41) is 2.86. The Hall–Kier alpha value is -1.10. The zero-order valence-electron chi connectivity index (χ0n) is 12.9. The molecule has 20 heavy (non-hydrogen) atoms. The fourth-order valence-electron chi connectivity index (χ4n) is 3.30. The average molecular weight is 282 g/mol. The molecule has 2 rings (SSSR count). The zero-order chi connectivity index (χ0) is 14.9. The van der Waals surface area contributed by atoms with Crippen LogP contribution in [0.4, 0.5) is 0 Å². The highest BCUT2D eigenvalue weighted by Gasteiger charge is 2.47. The first-order valence-electron chi connectivity index (χ1n) is 7.56. The molecule has 5 nitrogen and oxygen atoms in total. The number of ether oxygens (including phenoxy) is 1. The van der Waals surface area contributed by atoms with E-state index in [1.54, 1.807) is 11.8 Å². The second kappa shape index (κ2) is 5.72. The van der Waals surface area contributed by atoms with Crippen LogP contribution >= 0.6 is 0 Å². The van der Waals surface area contributed by atoms with Gasteiger partial charge in [-0.3, -0.25) is 9.59 Å². The van der Waals surface area contributed by atoms with Gasteiger partial charge in [0.05, 0.1) is 12.1 Å². The van der Waals surface area contributed by atoms with Crippen LogP contribution < -0.4 is 5.32 Å². The molecule has 1 N–H and O–H groups in total. The van der Waals surface area contributed by atoms with Crippen molar-refractivity contribution >= 4 is 11.8 Å². The normalized spacial score (nSPS) is 35.4. The van der Waals surface area contributed by atoms with E-state index in [0.29, 0.717) is 18.9 Å². The van der Waals surface area contributed by atoms with Crippen LogP contribution in [0.1, 0.15) is 47.0 Å². The monoisotopic (exact) mass is 282 g/mol. The Morgan fingerprint density at radius 1 is 1.45 bits per heavy atom. The number of nitrogens with zero attached hydrogens (tertiary/aromatic N) is 1. The first-order chi connectivity index (χ1) is 9.35. The lowest BCUT2D eigenvalue weighted by molar-refractivity contribution is -0.162. The Morgan fingerprint density at radius 2 is 2.15 bits per heavy atom. The third kappa shape index (κ3) is 2.82. The van der Waals surface area contributed by atoms with Gasteiger partial charge in [0.15, 0.2) is 0 Å². The van der Waals surface area contributed by atoms with E-state index in [4.69, 9.17) is 4.74 Å². The molecule has 2 aliphatic rings. The minimum absolute atomic E-state index is 0.0406. The number of rotatable bonds is 3. The number of piperazine rings is 1. The topological polar surface area (TPSA) is 58.6 Å². The van der Waals surface area contributed by atoms with Gasteiger partial charge in [-0.2, -0.15) is 0 Å². The molecule has 0 radical (unpaired) electrons. The molecule has 0 bridgehead atoms. The highest BCUT2D eigenvalue weighted by Crippen LogP contribution is 2.31. The highest BCUT2D eigenvalue weighted by atomic mass is 16.5. The molecule has 0 aromatic rings. The van der Waals surface area contributed by atoms with E-state index < -0.39 is 12.1 Å². The van der Waals surface area contributed by atoms with Crippen LogP contribution in [0.25, 0.3) is 0 Å². The summed E-state index contributed by atoms with van der Waals surface area (Å²) >= 11 is 0. The summed E-state index contributed by atoms with van der Waals surface area (Å²) < 4.78 is 5.56. The Kier molecular flexibility index (Phi) is 4.37. The predicted molar refractivity (Wildman–Crippen MR) is 76.2 cm³/mol. The fraction of sp³-hybridized carbons (Fsp3) is 0.867. The van der Waals surface area contributed by atoms with Crippen LogP contribution in [0, 0.1) is 5.92 Å². The molecule has 3 atom stereocenters. The Balaban J connectivity index is 2.23. The van der Waals surface area contributed by atoms with E-state index in [1.807, 2.05) is 6.92 Å². The van der Waals surface area contributed by atoms with Crippen molar-refractivity contribution in [3.8, 4) is 0 Å². The van der Waals surface area contributed by atoms with Crippen molar-refractivity contribution in [1.29, 1.82) is 0 Å². The van der Waals surface area contributed by atoms with Crippen molar-refractivity contribution in [2.24, 2.45) is 5.92 Å². The number of carbonyl (C=O) groups excluding carboxylic acids is 2. The molecule has 0 aliphatic carbocycles.